The van der Waals surface area contributed by atoms with Crippen molar-refractivity contribution >= 4 is 82.5 Å². The molecule has 0 atom stereocenters. The van der Waals surface area contributed by atoms with Crippen molar-refractivity contribution in [3.8, 4) is 56.0 Å². The molecule has 0 radical (unpaired) electrons. The highest BCUT2D eigenvalue weighted by Crippen LogP contribution is 2.58. The molecule has 0 fully saturated rings. The van der Waals surface area contributed by atoms with E-state index in [2.05, 4.69) is 280 Å². The zero-order valence-electron chi connectivity index (χ0n) is 45.3. The van der Waals surface area contributed by atoms with E-state index in [4.69, 9.17) is 9.72 Å². The van der Waals surface area contributed by atoms with E-state index in [1.807, 2.05) is 6.20 Å². The van der Waals surface area contributed by atoms with Crippen LogP contribution in [0, 0.1) is 0 Å². The highest BCUT2D eigenvalue weighted by atomic mass is 16.5. The molecule has 0 N–H and O–H groups in total. The normalized spacial score (nSPS) is 13.1. The summed E-state index contributed by atoms with van der Waals surface area (Å²) in [7, 11) is 0. The second-order valence-corrected chi connectivity index (χ2v) is 23.5. The lowest BCUT2D eigenvalue weighted by Gasteiger charge is -2.31. The Morgan fingerprint density at radius 3 is 1.56 bits per heavy atom. The highest BCUT2D eigenvalue weighted by Gasteiger charge is 2.37. The Balaban J connectivity index is 0.936. The van der Waals surface area contributed by atoms with Crippen LogP contribution in [0.5, 0.6) is 11.5 Å². The van der Waals surface area contributed by atoms with Gasteiger partial charge in [-0.05, 0) is 120 Å². The molecule has 79 heavy (non-hydrogen) atoms. The number of ether oxygens (including phenoxy) is 1. The average Bonchev–Trinajstić information content (AvgIpc) is 4.17. The summed E-state index contributed by atoms with van der Waals surface area (Å²) < 4.78 is 9.60. The lowest BCUT2D eigenvalue weighted by atomic mass is 9.74. The number of nitrogens with zero attached hydrogens (tertiary/aromatic N) is 4. The van der Waals surface area contributed by atoms with E-state index in [0.717, 1.165) is 55.9 Å². The van der Waals surface area contributed by atoms with Crippen LogP contribution in [0.25, 0.3) is 104 Å². The van der Waals surface area contributed by atoms with Crippen LogP contribution >= 0.6 is 0 Å². The van der Waals surface area contributed by atoms with Crippen LogP contribution in [-0.2, 0) is 10.8 Å². The molecule has 15 rings (SSSR count). The van der Waals surface area contributed by atoms with Gasteiger partial charge in [0.2, 0.25) is 0 Å². The van der Waals surface area contributed by atoms with E-state index < -0.39 is 0 Å². The van der Waals surface area contributed by atoms with Gasteiger partial charge >= 0.3 is 0 Å². The molecule has 380 valence electrons. The molecular formula is C74H58N4O. The molecule has 13 aromatic rings. The van der Waals surface area contributed by atoms with E-state index in [1.165, 1.54) is 93.8 Å². The number of fused-ring (bicyclic) bond motifs is 15. The Labute approximate surface area is 460 Å². The first-order valence-corrected chi connectivity index (χ1v) is 27.6. The van der Waals surface area contributed by atoms with Crippen LogP contribution < -0.4 is 14.5 Å². The van der Waals surface area contributed by atoms with Gasteiger partial charge in [0.15, 0.2) is 0 Å². The fourth-order valence-electron chi connectivity index (χ4n) is 13.1. The van der Waals surface area contributed by atoms with E-state index in [9.17, 15) is 0 Å². The van der Waals surface area contributed by atoms with Crippen molar-refractivity contribution in [3.63, 3.8) is 0 Å². The molecule has 2 aliphatic heterocycles. The van der Waals surface area contributed by atoms with Gasteiger partial charge in [-0.2, -0.15) is 0 Å². The van der Waals surface area contributed by atoms with Crippen LogP contribution in [-0.4, -0.2) is 16.1 Å². The first-order valence-electron chi connectivity index (χ1n) is 27.6. The van der Waals surface area contributed by atoms with Crippen LogP contribution in [0.4, 0.5) is 22.7 Å². The monoisotopic (exact) mass is 1020 g/mol. The maximum Gasteiger partial charge on any atom is 0.145 e. The number of pyridine rings is 1. The minimum Gasteiger partial charge on any atom is -0.457 e. The highest BCUT2D eigenvalue weighted by molar-refractivity contribution is 6.25. The topological polar surface area (TPSA) is 33.0 Å². The minimum atomic E-state index is -0.0979. The third-order valence-electron chi connectivity index (χ3n) is 16.7. The fraction of sp³-hybridized carbons (Fsp3) is 0.122. The lowest BCUT2D eigenvalue weighted by Crippen LogP contribution is -2.25. The summed E-state index contributed by atoms with van der Waals surface area (Å²) in [6.07, 6.45) is 1.94. The molecule has 3 aromatic heterocycles. The molecule has 0 bridgehead atoms. The Morgan fingerprint density at radius 1 is 0.367 bits per heavy atom. The molecule has 0 amide bonds. The SMILES string of the molecule is CC(C)(C)c1cc2c3ccccc3c3cccc4c5ccc(Oc6ccc7c(c6)N6CN(c8c(-c9ccccc9)cccc8-c8ccccc8)c8cccc(c86)-c6ccccc6-7)cc5n(c5ncccc5c2cc1C(C)(C)C)c34. The van der Waals surface area contributed by atoms with Gasteiger partial charge in [-0.15, -0.1) is 0 Å². The number of hydrogen-bond acceptors (Lipinski definition) is 4. The molecular weight excluding hydrogens is 961 g/mol. The summed E-state index contributed by atoms with van der Waals surface area (Å²) in [4.78, 5) is 10.4. The van der Waals surface area contributed by atoms with Crippen molar-refractivity contribution in [1.82, 2.24) is 9.38 Å². The smallest absolute Gasteiger partial charge is 0.145 e. The van der Waals surface area contributed by atoms with Crippen LogP contribution in [0.15, 0.2) is 231 Å². The molecule has 10 aromatic carbocycles. The van der Waals surface area contributed by atoms with Crippen LogP contribution in [0.2, 0.25) is 0 Å². The van der Waals surface area contributed by atoms with Crippen LogP contribution in [0.3, 0.4) is 0 Å². The molecule has 2 aliphatic rings. The standard InChI is InChI=1S/C74H58N4O/c1-73(2,3)64-43-62-55-28-16-15-27-54(55)58-31-18-32-60-57-39-37-49(42-68(57)78(70(58)60)72-61(34-20-40-75-72)63(62)44-65(64)74(4,5)6)79-48-36-38-56-52-25-13-14-26-53(52)59-33-19-35-66-71(59)77(67(56)41-48)45-76(66)69-50(46-21-9-7-10-22-46)29-17-30-51(69)47-23-11-8-12-24-47/h7-44H,45H2,1-6H3. The van der Waals surface area contributed by atoms with Gasteiger partial charge in [-0.1, -0.05) is 199 Å². The molecule has 0 unspecified atom stereocenters. The van der Waals surface area contributed by atoms with Gasteiger partial charge in [0, 0.05) is 62.1 Å². The van der Waals surface area contributed by atoms with Gasteiger partial charge in [0.25, 0.3) is 0 Å². The summed E-state index contributed by atoms with van der Waals surface area (Å²) >= 11 is 0. The lowest BCUT2D eigenvalue weighted by molar-refractivity contribution is 0.483. The van der Waals surface area contributed by atoms with Crippen molar-refractivity contribution in [3.05, 3.63) is 242 Å². The van der Waals surface area contributed by atoms with Crippen LogP contribution in [0.1, 0.15) is 52.7 Å². The Hall–Kier alpha value is -9.45. The number of anilines is 4. The number of para-hydroxylation sites is 3. The van der Waals surface area contributed by atoms with E-state index in [-0.39, 0.29) is 10.8 Å². The van der Waals surface area contributed by atoms with Gasteiger partial charge in [0.1, 0.15) is 23.8 Å². The zero-order valence-corrected chi connectivity index (χ0v) is 45.3. The minimum absolute atomic E-state index is 0.0773. The molecule has 0 saturated heterocycles. The number of hydrogen-bond donors (Lipinski definition) is 0. The van der Waals surface area contributed by atoms with Crippen molar-refractivity contribution < 1.29 is 4.74 Å². The quantitative estimate of drug-likeness (QED) is 0.172. The first kappa shape index (κ1) is 46.8. The van der Waals surface area contributed by atoms with Crippen molar-refractivity contribution in [2.24, 2.45) is 0 Å². The number of rotatable bonds is 5. The van der Waals surface area contributed by atoms with Gasteiger partial charge < -0.3 is 14.5 Å². The Kier molecular flexibility index (Phi) is 10.4. The van der Waals surface area contributed by atoms with E-state index in [0.29, 0.717) is 6.67 Å². The second kappa shape index (κ2) is 17.5. The second-order valence-electron chi connectivity index (χ2n) is 23.5. The van der Waals surface area contributed by atoms with E-state index in [1.54, 1.807) is 0 Å². The predicted octanol–water partition coefficient (Wildman–Crippen LogP) is 20.3. The first-order chi connectivity index (χ1) is 38.5. The summed E-state index contributed by atoms with van der Waals surface area (Å²) in [6, 6.07) is 82.3. The molecule has 0 spiro atoms. The maximum absolute atomic E-state index is 7.19. The summed E-state index contributed by atoms with van der Waals surface area (Å²) in [6.45, 7) is 14.6. The fourth-order valence-corrected chi connectivity index (χ4v) is 13.1. The Morgan fingerprint density at radius 2 is 0.873 bits per heavy atom. The summed E-state index contributed by atoms with van der Waals surface area (Å²) in [5.41, 5.74) is 19.7. The molecule has 0 saturated carbocycles. The average molecular weight is 1020 g/mol. The summed E-state index contributed by atoms with van der Waals surface area (Å²) in [5.74, 6) is 1.51. The Bertz CT molecular complexity index is 4640. The molecule has 5 heterocycles. The third kappa shape index (κ3) is 7.33. The number of benzene rings is 10. The zero-order chi connectivity index (χ0) is 53.3. The van der Waals surface area contributed by atoms with E-state index >= 15 is 0 Å². The largest absolute Gasteiger partial charge is 0.457 e. The van der Waals surface area contributed by atoms with Gasteiger partial charge in [-0.25, -0.2) is 4.98 Å². The van der Waals surface area contributed by atoms with Crippen molar-refractivity contribution in [2.75, 3.05) is 16.5 Å². The summed E-state index contributed by atoms with van der Waals surface area (Å²) in [5, 5.41) is 9.38. The molecule has 5 nitrogen and oxygen atoms in total. The third-order valence-corrected chi connectivity index (χ3v) is 16.7. The van der Waals surface area contributed by atoms with Gasteiger partial charge in [0.05, 0.1) is 33.8 Å². The maximum atomic E-state index is 7.19. The number of aromatic nitrogens is 2. The predicted molar refractivity (Wildman–Crippen MR) is 333 cm³/mol. The van der Waals surface area contributed by atoms with Gasteiger partial charge in [-0.3, -0.25) is 4.40 Å². The molecule has 0 aliphatic carbocycles. The van der Waals surface area contributed by atoms with Crippen molar-refractivity contribution in [2.45, 2.75) is 52.4 Å². The van der Waals surface area contributed by atoms with Crippen molar-refractivity contribution in [1.29, 1.82) is 0 Å². The molecule has 5 heteroatoms.